The van der Waals surface area contributed by atoms with Crippen LogP contribution >= 0.6 is 0 Å². The zero-order valence-corrected chi connectivity index (χ0v) is 9.42. The summed E-state index contributed by atoms with van der Waals surface area (Å²) in [5, 5.41) is 3.39. The number of benzene rings is 1. The molecule has 1 unspecified atom stereocenters. The van der Waals surface area contributed by atoms with Crippen molar-refractivity contribution in [3.63, 3.8) is 0 Å². The van der Waals surface area contributed by atoms with Crippen molar-refractivity contribution in [3.8, 4) is 0 Å². The highest BCUT2D eigenvalue weighted by atomic mass is 16.1. The minimum absolute atomic E-state index is 0.449. The normalized spacial score (nSPS) is 12.1. The number of hydrogen-bond acceptors (Lipinski definition) is 2. The van der Waals surface area contributed by atoms with Gasteiger partial charge >= 0.3 is 0 Å². The van der Waals surface area contributed by atoms with Crippen molar-refractivity contribution in [3.05, 3.63) is 29.8 Å². The average Bonchev–Trinajstić information content (AvgIpc) is 2.29. The van der Waals surface area contributed by atoms with Crippen LogP contribution in [0.1, 0.15) is 38.7 Å². The first-order chi connectivity index (χ1) is 7.31. The summed E-state index contributed by atoms with van der Waals surface area (Å²) < 4.78 is 0. The Labute approximate surface area is 91.7 Å². The molecule has 1 rings (SSSR count). The molecule has 0 fully saturated rings. The zero-order chi connectivity index (χ0) is 11.1. The highest BCUT2D eigenvalue weighted by Crippen LogP contribution is 2.16. The van der Waals surface area contributed by atoms with E-state index in [-0.39, 0.29) is 0 Å². The summed E-state index contributed by atoms with van der Waals surface area (Å²) in [6.45, 7) is 4.32. The molecule has 1 aromatic rings. The molecule has 0 spiro atoms. The van der Waals surface area contributed by atoms with Gasteiger partial charge in [-0.25, -0.2) is 0 Å². The SMILES string of the molecule is CCCC(CC)Nc1ccccc1[C]=O. The first-order valence-electron chi connectivity index (χ1n) is 5.55. The van der Waals surface area contributed by atoms with Crippen molar-refractivity contribution in [1.82, 2.24) is 0 Å². The van der Waals surface area contributed by atoms with E-state index >= 15 is 0 Å². The van der Waals surface area contributed by atoms with E-state index in [1.165, 1.54) is 0 Å². The first kappa shape index (κ1) is 11.8. The second kappa shape index (κ2) is 6.23. The maximum absolute atomic E-state index is 10.7. The van der Waals surface area contributed by atoms with Crippen LogP contribution in [0.5, 0.6) is 0 Å². The summed E-state index contributed by atoms with van der Waals surface area (Å²) in [6.07, 6.45) is 5.31. The van der Waals surface area contributed by atoms with Gasteiger partial charge in [0, 0.05) is 17.3 Å². The standard InChI is InChI=1S/C13H18NO/c1-3-7-12(4-2)14-13-9-6-5-8-11(13)10-15/h5-6,8-9,12,14H,3-4,7H2,1-2H3. The van der Waals surface area contributed by atoms with Gasteiger partial charge in [-0.1, -0.05) is 32.4 Å². The molecular weight excluding hydrogens is 186 g/mol. The monoisotopic (exact) mass is 204 g/mol. The fourth-order valence-corrected chi connectivity index (χ4v) is 1.64. The molecule has 0 saturated heterocycles. The number of nitrogens with one attached hydrogen (secondary N) is 1. The van der Waals surface area contributed by atoms with Crippen molar-refractivity contribution in [2.45, 2.75) is 39.2 Å². The molecule has 1 N–H and O–H groups in total. The molecule has 0 aliphatic rings. The predicted octanol–water partition coefficient (Wildman–Crippen LogP) is 3.14. The molecule has 1 aromatic carbocycles. The summed E-state index contributed by atoms with van der Waals surface area (Å²) in [6, 6.07) is 7.95. The van der Waals surface area contributed by atoms with Gasteiger partial charge in [-0.15, -0.1) is 0 Å². The predicted molar refractivity (Wildman–Crippen MR) is 63.8 cm³/mol. The van der Waals surface area contributed by atoms with E-state index in [4.69, 9.17) is 0 Å². The Bertz CT molecular complexity index is 309. The van der Waals surface area contributed by atoms with Crippen LogP contribution < -0.4 is 5.32 Å². The largest absolute Gasteiger partial charge is 0.382 e. The second-order valence-corrected chi connectivity index (χ2v) is 3.69. The van der Waals surface area contributed by atoms with E-state index in [0.717, 1.165) is 24.9 Å². The summed E-state index contributed by atoms with van der Waals surface area (Å²) >= 11 is 0. The quantitative estimate of drug-likeness (QED) is 0.771. The van der Waals surface area contributed by atoms with Crippen LogP contribution in [0.4, 0.5) is 5.69 Å². The Morgan fingerprint density at radius 1 is 1.33 bits per heavy atom. The Morgan fingerprint density at radius 3 is 2.67 bits per heavy atom. The third-order valence-electron chi connectivity index (χ3n) is 2.53. The maximum atomic E-state index is 10.7. The van der Waals surface area contributed by atoms with Crippen molar-refractivity contribution in [1.29, 1.82) is 0 Å². The van der Waals surface area contributed by atoms with Crippen LogP contribution in [0, 0.1) is 0 Å². The molecule has 0 amide bonds. The molecule has 0 aliphatic carbocycles. The molecule has 1 atom stereocenters. The van der Waals surface area contributed by atoms with E-state index in [1.54, 1.807) is 6.07 Å². The Morgan fingerprint density at radius 2 is 2.07 bits per heavy atom. The van der Waals surface area contributed by atoms with Crippen LogP contribution in [-0.4, -0.2) is 12.3 Å². The van der Waals surface area contributed by atoms with Gasteiger partial charge in [-0.05, 0) is 25.0 Å². The minimum Gasteiger partial charge on any atom is -0.382 e. The van der Waals surface area contributed by atoms with Crippen molar-refractivity contribution in [2.24, 2.45) is 0 Å². The van der Waals surface area contributed by atoms with Crippen LogP contribution in [-0.2, 0) is 4.79 Å². The van der Waals surface area contributed by atoms with Gasteiger partial charge < -0.3 is 5.32 Å². The zero-order valence-electron chi connectivity index (χ0n) is 9.42. The van der Waals surface area contributed by atoms with E-state index in [2.05, 4.69) is 19.2 Å². The van der Waals surface area contributed by atoms with Crippen molar-refractivity contribution in [2.75, 3.05) is 5.32 Å². The minimum atomic E-state index is 0.449. The molecule has 0 bridgehead atoms. The Hall–Kier alpha value is -1.31. The van der Waals surface area contributed by atoms with E-state index in [0.29, 0.717) is 11.6 Å². The molecule has 0 aromatic heterocycles. The van der Waals surface area contributed by atoms with Gasteiger partial charge in [-0.2, -0.15) is 0 Å². The summed E-state index contributed by atoms with van der Waals surface area (Å²) in [5.74, 6) is 0. The van der Waals surface area contributed by atoms with Gasteiger partial charge in [0.05, 0.1) is 0 Å². The molecule has 0 saturated carbocycles. The highest BCUT2D eigenvalue weighted by Gasteiger charge is 2.07. The van der Waals surface area contributed by atoms with Gasteiger partial charge in [-0.3, -0.25) is 4.79 Å². The smallest absolute Gasteiger partial charge is 0.235 e. The van der Waals surface area contributed by atoms with E-state index in [9.17, 15) is 4.79 Å². The lowest BCUT2D eigenvalue weighted by Gasteiger charge is -2.18. The fourth-order valence-electron chi connectivity index (χ4n) is 1.64. The lowest BCUT2D eigenvalue weighted by atomic mass is 10.1. The molecule has 1 radical (unpaired) electrons. The summed E-state index contributed by atoms with van der Waals surface area (Å²) in [7, 11) is 0. The third-order valence-corrected chi connectivity index (χ3v) is 2.53. The summed E-state index contributed by atoms with van der Waals surface area (Å²) in [4.78, 5) is 10.7. The van der Waals surface area contributed by atoms with Gasteiger partial charge in [0.15, 0.2) is 0 Å². The molecule has 15 heavy (non-hydrogen) atoms. The first-order valence-corrected chi connectivity index (χ1v) is 5.55. The topological polar surface area (TPSA) is 29.1 Å². The molecule has 0 aliphatic heterocycles. The lowest BCUT2D eigenvalue weighted by molar-refractivity contribution is 0.562. The van der Waals surface area contributed by atoms with Crippen LogP contribution in [0.25, 0.3) is 0 Å². The Balaban J connectivity index is 2.73. The van der Waals surface area contributed by atoms with Crippen molar-refractivity contribution >= 4 is 12.0 Å². The van der Waals surface area contributed by atoms with Gasteiger partial charge in [0.25, 0.3) is 0 Å². The number of carbonyl (C=O) groups excluding carboxylic acids is 1. The number of rotatable bonds is 6. The highest BCUT2D eigenvalue weighted by molar-refractivity contribution is 5.84. The number of hydrogen-bond donors (Lipinski definition) is 1. The molecular formula is C13H18NO. The Kier molecular flexibility index (Phi) is 4.88. The van der Waals surface area contributed by atoms with Gasteiger partial charge in [0.2, 0.25) is 6.29 Å². The van der Waals surface area contributed by atoms with Crippen LogP contribution in [0.15, 0.2) is 24.3 Å². The molecule has 2 nitrogen and oxygen atoms in total. The molecule has 81 valence electrons. The van der Waals surface area contributed by atoms with E-state index in [1.807, 2.05) is 24.5 Å². The van der Waals surface area contributed by atoms with Crippen LogP contribution in [0.2, 0.25) is 0 Å². The maximum Gasteiger partial charge on any atom is 0.235 e. The third kappa shape index (κ3) is 3.39. The van der Waals surface area contributed by atoms with E-state index < -0.39 is 0 Å². The molecule has 2 heteroatoms. The average molecular weight is 204 g/mol. The second-order valence-electron chi connectivity index (χ2n) is 3.69. The number of anilines is 1. The summed E-state index contributed by atoms with van der Waals surface area (Å²) in [5.41, 5.74) is 1.51. The fraction of sp³-hybridized carbons (Fsp3) is 0.462. The number of para-hydroxylation sites is 1. The van der Waals surface area contributed by atoms with Crippen LogP contribution in [0.3, 0.4) is 0 Å². The molecule has 0 heterocycles. The van der Waals surface area contributed by atoms with Gasteiger partial charge in [0.1, 0.15) is 0 Å². The van der Waals surface area contributed by atoms with Crippen molar-refractivity contribution < 1.29 is 4.79 Å². The lowest BCUT2D eigenvalue weighted by Crippen LogP contribution is -2.18.